The second-order valence-electron chi connectivity index (χ2n) is 9.20. The number of hydrogen-bond donors (Lipinski definition) is 3. The van der Waals surface area contributed by atoms with Crippen LogP contribution in [0.4, 0.5) is 11.5 Å². The minimum Gasteiger partial charge on any atom is -0.383 e. The number of fused-ring (bicyclic) bond motifs is 1. The van der Waals surface area contributed by atoms with Crippen LogP contribution in [0.2, 0.25) is 0 Å². The summed E-state index contributed by atoms with van der Waals surface area (Å²) in [6.07, 6.45) is 6.63. The Morgan fingerprint density at radius 3 is 2.69 bits per heavy atom. The predicted octanol–water partition coefficient (Wildman–Crippen LogP) is 2.93. The molecule has 0 unspecified atom stereocenters. The minimum atomic E-state index is -3.66. The van der Waals surface area contributed by atoms with Gasteiger partial charge < -0.3 is 15.6 Å². The molecular weight excluding hydrogens is 466 g/mol. The highest BCUT2D eigenvalue weighted by Crippen LogP contribution is 2.25. The number of nitrogen functional groups attached to an aromatic ring is 1. The number of nitrogens with two attached hydrogens (primary N) is 1. The maximum absolute atomic E-state index is 13.0. The van der Waals surface area contributed by atoms with Crippen molar-refractivity contribution in [2.45, 2.75) is 52.1 Å². The summed E-state index contributed by atoms with van der Waals surface area (Å²) < 4.78 is 29.0. The van der Waals surface area contributed by atoms with E-state index in [1.807, 2.05) is 24.3 Å². The summed E-state index contributed by atoms with van der Waals surface area (Å²) in [7, 11) is -3.66. The first-order chi connectivity index (χ1) is 16.7. The smallest absolute Gasteiger partial charge is 0.275 e. The molecule has 1 saturated carbocycles. The monoisotopic (exact) mass is 497 g/mol. The van der Waals surface area contributed by atoms with Crippen molar-refractivity contribution in [1.82, 2.24) is 14.9 Å². The number of carbonyl (C=O) groups is 1. The highest BCUT2D eigenvalue weighted by molar-refractivity contribution is 7.92. The van der Waals surface area contributed by atoms with E-state index in [1.165, 1.54) is 10.6 Å². The topological polar surface area (TPSA) is 136 Å². The van der Waals surface area contributed by atoms with Crippen LogP contribution in [0.5, 0.6) is 0 Å². The third kappa shape index (κ3) is 6.19. The normalized spacial score (nSPS) is 14.7. The highest BCUT2D eigenvalue weighted by Gasteiger charge is 2.22. The van der Waals surface area contributed by atoms with Gasteiger partial charge in [-0.3, -0.25) is 14.3 Å². The van der Waals surface area contributed by atoms with E-state index in [0.717, 1.165) is 48.4 Å². The van der Waals surface area contributed by atoms with Crippen molar-refractivity contribution in [1.29, 1.82) is 0 Å². The molecule has 0 atom stereocenters. The van der Waals surface area contributed by atoms with Crippen molar-refractivity contribution in [3.63, 3.8) is 0 Å². The molecule has 0 saturated heterocycles. The molecule has 1 aromatic carbocycles. The Balaban J connectivity index is 1.42. The first-order valence-electron chi connectivity index (χ1n) is 11.8. The number of aryl methyl sites for hydroxylation is 1. The Morgan fingerprint density at radius 1 is 1.14 bits per heavy atom. The molecule has 10 heteroatoms. The first kappa shape index (κ1) is 24.7. The average molecular weight is 498 g/mol. The molecule has 1 aliphatic carbocycles. The summed E-state index contributed by atoms with van der Waals surface area (Å²) >= 11 is 0. The predicted molar refractivity (Wildman–Crippen MR) is 137 cm³/mol. The fourth-order valence-electron chi connectivity index (χ4n) is 4.58. The van der Waals surface area contributed by atoms with Gasteiger partial charge >= 0.3 is 0 Å². The largest absolute Gasteiger partial charge is 0.383 e. The van der Waals surface area contributed by atoms with Gasteiger partial charge in [-0.25, -0.2) is 13.4 Å². The summed E-state index contributed by atoms with van der Waals surface area (Å²) in [5, 5.41) is 4.58. The van der Waals surface area contributed by atoms with Gasteiger partial charge in [-0.15, -0.1) is 0 Å². The first-order valence-corrected chi connectivity index (χ1v) is 13.5. The van der Waals surface area contributed by atoms with Crippen molar-refractivity contribution in [3.8, 4) is 0 Å². The number of sulfonamides is 1. The van der Waals surface area contributed by atoms with E-state index < -0.39 is 15.6 Å². The molecule has 0 aliphatic heterocycles. The lowest BCUT2D eigenvalue weighted by atomic mass is 9.91. The molecule has 0 spiro atoms. The number of hydrogen-bond acceptors (Lipinski definition) is 6. The van der Waals surface area contributed by atoms with E-state index in [-0.39, 0.29) is 36.4 Å². The molecule has 2 heterocycles. The van der Waals surface area contributed by atoms with Gasteiger partial charge in [0, 0.05) is 23.8 Å². The molecule has 0 bridgehead atoms. The molecule has 35 heavy (non-hydrogen) atoms. The third-order valence-corrected chi connectivity index (χ3v) is 7.93. The molecular formula is C25H31N5O4S. The van der Waals surface area contributed by atoms with Crippen LogP contribution >= 0.6 is 0 Å². The summed E-state index contributed by atoms with van der Waals surface area (Å²) in [5.74, 6) is 0.213. The third-order valence-electron chi connectivity index (χ3n) is 6.49. The standard InChI is InChI=1S/C25H31N5O4S/c1-17-7-10-22(29-35(33,34)16-18-5-3-2-4-6-18)25(32)30(17)15-23(31)28-14-19-8-9-21-20(13-19)11-12-27-24(21)26/h7-13,18,29H,2-6,14-16H2,1H3,(H2,26,27)(H,28,31). The molecule has 2 aromatic heterocycles. The molecule has 1 aliphatic rings. The van der Waals surface area contributed by atoms with Crippen LogP contribution in [0.1, 0.15) is 43.4 Å². The summed E-state index contributed by atoms with van der Waals surface area (Å²) in [6.45, 7) is 1.77. The Kier molecular flexibility index (Phi) is 7.39. The number of nitrogens with zero attached hydrogens (tertiary/aromatic N) is 2. The minimum absolute atomic E-state index is 0.00821. The second-order valence-corrected chi connectivity index (χ2v) is 11.0. The van der Waals surface area contributed by atoms with E-state index in [0.29, 0.717) is 11.5 Å². The summed E-state index contributed by atoms with van der Waals surface area (Å²) in [6, 6.07) is 10.6. The van der Waals surface area contributed by atoms with E-state index in [9.17, 15) is 18.0 Å². The second kappa shape index (κ2) is 10.5. The van der Waals surface area contributed by atoms with Crippen LogP contribution in [0, 0.1) is 12.8 Å². The van der Waals surface area contributed by atoms with Gasteiger partial charge in [0.25, 0.3) is 5.56 Å². The lowest BCUT2D eigenvalue weighted by molar-refractivity contribution is -0.121. The summed E-state index contributed by atoms with van der Waals surface area (Å²) in [5.41, 5.74) is 6.74. The van der Waals surface area contributed by atoms with Crippen LogP contribution in [0.15, 0.2) is 47.4 Å². The van der Waals surface area contributed by atoms with Crippen LogP contribution in [0.3, 0.4) is 0 Å². The quantitative estimate of drug-likeness (QED) is 0.438. The SMILES string of the molecule is Cc1ccc(NS(=O)(=O)CC2CCCCC2)c(=O)n1CC(=O)NCc1ccc2c(N)nccc2c1. The molecule has 0 radical (unpaired) electrons. The van der Waals surface area contributed by atoms with Crippen LogP contribution < -0.4 is 21.3 Å². The number of amides is 1. The van der Waals surface area contributed by atoms with Crippen LogP contribution in [-0.4, -0.2) is 29.6 Å². The van der Waals surface area contributed by atoms with Crippen molar-refractivity contribution in [2.75, 3.05) is 16.2 Å². The van der Waals surface area contributed by atoms with Gasteiger partial charge in [-0.05, 0) is 60.9 Å². The Morgan fingerprint density at radius 2 is 1.91 bits per heavy atom. The van der Waals surface area contributed by atoms with E-state index in [2.05, 4.69) is 15.0 Å². The van der Waals surface area contributed by atoms with E-state index >= 15 is 0 Å². The zero-order chi connectivity index (χ0) is 25.0. The fourth-order valence-corrected chi connectivity index (χ4v) is 6.11. The lowest BCUT2D eigenvalue weighted by Gasteiger charge is -2.21. The van der Waals surface area contributed by atoms with Crippen LogP contribution in [0.25, 0.3) is 10.8 Å². The van der Waals surface area contributed by atoms with Crippen molar-refractivity contribution in [2.24, 2.45) is 5.92 Å². The van der Waals surface area contributed by atoms with Crippen molar-refractivity contribution < 1.29 is 13.2 Å². The van der Waals surface area contributed by atoms with Gasteiger partial charge in [0.05, 0.1) is 5.75 Å². The Hall–Kier alpha value is -3.40. The number of aromatic nitrogens is 2. The summed E-state index contributed by atoms with van der Waals surface area (Å²) in [4.78, 5) is 29.7. The van der Waals surface area contributed by atoms with E-state index in [1.54, 1.807) is 19.2 Å². The number of rotatable bonds is 8. The fraction of sp³-hybridized carbons (Fsp3) is 0.400. The lowest BCUT2D eigenvalue weighted by Crippen LogP contribution is -2.35. The van der Waals surface area contributed by atoms with Crippen molar-refractivity contribution in [3.05, 3.63) is 64.2 Å². The number of benzene rings is 1. The van der Waals surface area contributed by atoms with Gasteiger partial charge in [-0.2, -0.15) is 0 Å². The molecule has 4 rings (SSSR count). The molecule has 1 fully saturated rings. The zero-order valence-corrected chi connectivity index (χ0v) is 20.6. The molecule has 3 aromatic rings. The van der Waals surface area contributed by atoms with Crippen molar-refractivity contribution >= 4 is 38.2 Å². The maximum Gasteiger partial charge on any atom is 0.275 e. The Labute approximate surface area is 204 Å². The number of anilines is 2. The van der Waals surface area contributed by atoms with E-state index in [4.69, 9.17) is 5.73 Å². The maximum atomic E-state index is 13.0. The van der Waals surface area contributed by atoms with Gasteiger partial charge in [0.1, 0.15) is 18.1 Å². The number of carbonyl (C=O) groups excluding carboxylic acids is 1. The average Bonchev–Trinajstić information content (AvgIpc) is 2.82. The highest BCUT2D eigenvalue weighted by atomic mass is 32.2. The molecule has 1 amide bonds. The van der Waals surface area contributed by atoms with Gasteiger partial charge in [0.2, 0.25) is 15.9 Å². The molecule has 9 nitrogen and oxygen atoms in total. The Bertz CT molecular complexity index is 1390. The van der Waals surface area contributed by atoms with Crippen LogP contribution in [-0.2, 0) is 27.9 Å². The number of nitrogens with one attached hydrogen (secondary N) is 2. The molecule has 4 N–H and O–H groups in total. The van der Waals surface area contributed by atoms with Gasteiger partial charge in [-0.1, -0.05) is 31.4 Å². The van der Waals surface area contributed by atoms with Gasteiger partial charge in [0.15, 0.2) is 0 Å². The molecule has 186 valence electrons. The number of pyridine rings is 2. The zero-order valence-electron chi connectivity index (χ0n) is 19.8.